The molecule has 1 heterocycles. The highest BCUT2D eigenvalue weighted by Crippen LogP contribution is 2.59. The van der Waals surface area contributed by atoms with Gasteiger partial charge in [-0.1, -0.05) is 141 Å². The van der Waals surface area contributed by atoms with Crippen molar-refractivity contribution in [3.63, 3.8) is 0 Å². The van der Waals surface area contributed by atoms with Crippen molar-refractivity contribution >= 4 is 22.7 Å². The average molecular weight is 610 g/mol. The molecule has 1 nitrogen and oxygen atoms in total. The van der Waals surface area contributed by atoms with Crippen LogP contribution in [-0.2, 0) is 5.41 Å². The number of nitrogens with zero attached hydrogens (tertiary/aromatic N) is 1. The molecule has 0 radical (unpaired) electrons. The Morgan fingerprint density at radius 3 is 1.43 bits per heavy atom. The fraction of sp³-hybridized carbons (Fsp3) is 0.0909. The van der Waals surface area contributed by atoms with Crippen molar-refractivity contribution in [1.29, 1.82) is 0 Å². The van der Waals surface area contributed by atoms with E-state index in [4.69, 9.17) is 0 Å². The number of hydrogen-bond donors (Lipinski definition) is 0. The van der Waals surface area contributed by atoms with E-state index in [1.165, 1.54) is 76.8 Å². The normalized spacial score (nSPS) is 12.8. The number of hydrogen-bond acceptors (Lipinski definition) is 2. The maximum absolute atomic E-state index is 2.44. The molecule has 1 aliphatic carbocycles. The Bertz CT molecular complexity index is 2140. The predicted molar refractivity (Wildman–Crippen MR) is 198 cm³/mol. The van der Waals surface area contributed by atoms with E-state index >= 15 is 0 Å². The minimum Gasteiger partial charge on any atom is -0.345 e. The molecule has 7 aromatic rings. The summed E-state index contributed by atoms with van der Waals surface area (Å²) in [4.78, 5) is 4.98. The molecule has 0 saturated carbocycles. The van der Waals surface area contributed by atoms with Crippen molar-refractivity contribution in [1.82, 2.24) is 0 Å². The zero-order chi connectivity index (χ0) is 31.3. The summed E-state index contributed by atoms with van der Waals surface area (Å²) in [6.45, 7) is 4.80. The number of benzene rings is 6. The molecule has 8 rings (SSSR count). The van der Waals surface area contributed by atoms with Crippen LogP contribution in [-0.4, -0.2) is 7.05 Å². The molecule has 0 fully saturated rings. The first-order valence-corrected chi connectivity index (χ1v) is 16.7. The van der Waals surface area contributed by atoms with Crippen molar-refractivity contribution < 1.29 is 0 Å². The Labute approximate surface area is 276 Å². The molecule has 2 heteroatoms. The van der Waals surface area contributed by atoms with Crippen LogP contribution in [0.5, 0.6) is 0 Å². The number of rotatable bonds is 6. The smallest absolute Gasteiger partial charge is 0.0431 e. The summed E-state index contributed by atoms with van der Waals surface area (Å²) in [6, 6.07) is 57.2. The Morgan fingerprint density at radius 2 is 0.891 bits per heavy atom. The third-order valence-corrected chi connectivity index (χ3v) is 10.8. The Hall–Kier alpha value is -5.18. The van der Waals surface area contributed by atoms with Gasteiger partial charge in [-0.25, -0.2) is 0 Å². The SMILES string of the molecule is CN(c1ccc(-c2ccccc2)cc1)c1ccc(-c2ccc3c(c2)C(C)(C)c2c(-c4ccccc4)sc(-c4ccccc4)c2-3)cc1. The van der Waals surface area contributed by atoms with Gasteiger partial charge in [0.1, 0.15) is 0 Å². The highest BCUT2D eigenvalue weighted by molar-refractivity contribution is 7.19. The molecule has 1 aromatic heterocycles. The topological polar surface area (TPSA) is 3.24 Å². The second kappa shape index (κ2) is 11.3. The van der Waals surface area contributed by atoms with E-state index in [9.17, 15) is 0 Å². The zero-order valence-electron chi connectivity index (χ0n) is 26.4. The second-order valence-corrected chi connectivity index (χ2v) is 13.7. The van der Waals surface area contributed by atoms with Crippen molar-refractivity contribution in [2.45, 2.75) is 19.3 Å². The van der Waals surface area contributed by atoms with E-state index in [0.717, 1.165) is 0 Å². The Morgan fingerprint density at radius 1 is 0.457 bits per heavy atom. The standard InChI is InChI=1S/C44H35NS/c1-44(2)39-29-35(32-21-26-37(27-22-32)45(3)36-24-19-31(20-25-36)30-13-7-4-8-14-30)23-28-38(39)40-41(44)43(34-17-11-6-12-18-34)46-42(40)33-15-9-5-10-16-33/h4-29H,1-3H3. The van der Waals surface area contributed by atoms with E-state index in [1.807, 2.05) is 11.3 Å². The zero-order valence-corrected chi connectivity index (χ0v) is 27.2. The van der Waals surface area contributed by atoms with Gasteiger partial charge in [-0.05, 0) is 80.4 Å². The molecule has 0 unspecified atom stereocenters. The third-order valence-electron chi connectivity index (χ3n) is 9.52. The van der Waals surface area contributed by atoms with Crippen molar-refractivity contribution in [3.8, 4) is 54.3 Å². The number of thiophene rings is 1. The van der Waals surface area contributed by atoms with E-state index in [-0.39, 0.29) is 5.41 Å². The van der Waals surface area contributed by atoms with Crippen LogP contribution in [0.4, 0.5) is 11.4 Å². The molecular weight excluding hydrogens is 575 g/mol. The first-order chi connectivity index (χ1) is 22.5. The lowest BCUT2D eigenvalue weighted by Gasteiger charge is -2.23. The number of anilines is 2. The van der Waals surface area contributed by atoms with Crippen LogP contribution in [0.2, 0.25) is 0 Å². The fourth-order valence-corrected chi connectivity index (χ4v) is 8.48. The molecule has 0 aliphatic heterocycles. The van der Waals surface area contributed by atoms with Gasteiger partial charge in [-0.15, -0.1) is 11.3 Å². The van der Waals surface area contributed by atoms with E-state index in [0.29, 0.717) is 0 Å². The second-order valence-electron chi connectivity index (χ2n) is 12.6. The maximum Gasteiger partial charge on any atom is 0.0431 e. The van der Waals surface area contributed by atoms with Crippen molar-refractivity contribution in [2.24, 2.45) is 0 Å². The minimum atomic E-state index is -0.124. The summed E-state index contributed by atoms with van der Waals surface area (Å²) in [7, 11) is 2.14. The van der Waals surface area contributed by atoms with Crippen LogP contribution in [0.15, 0.2) is 158 Å². The fourth-order valence-electron chi connectivity index (χ4n) is 7.00. The Kier molecular flexibility index (Phi) is 6.96. The minimum absolute atomic E-state index is 0.124. The molecule has 1 aliphatic rings. The van der Waals surface area contributed by atoms with Gasteiger partial charge in [0, 0.05) is 39.2 Å². The highest BCUT2D eigenvalue weighted by atomic mass is 32.1. The molecule has 0 atom stereocenters. The lowest BCUT2D eigenvalue weighted by Crippen LogP contribution is -2.15. The molecule has 0 bridgehead atoms. The molecule has 0 saturated heterocycles. The van der Waals surface area contributed by atoms with Gasteiger partial charge >= 0.3 is 0 Å². The summed E-state index contributed by atoms with van der Waals surface area (Å²) in [5, 5.41) is 0. The van der Waals surface area contributed by atoms with Gasteiger partial charge in [0.2, 0.25) is 0 Å². The van der Waals surface area contributed by atoms with Crippen LogP contribution in [0, 0.1) is 0 Å². The quantitative estimate of drug-likeness (QED) is 0.181. The third kappa shape index (κ3) is 4.78. The van der Waals surface area contributed by atoms with Gasteiger partial charge in [-0.2, -0.15) is 0 Å². The van der Waals surface area contributed by atoms with Crippen LogP contribution >= 0.6 is 11.3 Å². The van der Waals surface area contributed by atoms with Gasteiger partial charge in [0.05, 0.1) is 0 Å². The summed E-state index contributed by atoms with van der Waals surface area (Å²) in [5.41, 5.74) is 15.3. The monoisotopic (exact) mass is 609 g/mol. The summed E-state index contributed by atoms with van der Waals surface area (Å²) in [5.74, 6) is 0. The average Bonchev–Trinajstić information content (AvgIpc) is 3.63. The molecule has 46 heavy (non-hydrogen) atoms. The van der Waals surface area contributed by atoms with Gasteiger partial charge < -0.3 is 4.90 Å². The van der Waals surface area contributed by atoms with Gasteiger partial charge in [0.15, 0.2) is 0 Å². The largest absolute Gasteiger partial charge is 0.345 e. The van der Waals surface area contributed by atoms with Crippen LogP contribution < -0.4 is 4.90 Å². The number of fused-ring (bicyclic) bond motifs is 3. The molecule has 222 valence electrons. The Balaban J connectivity index is 1.13. The summed E-state index contributed by atoms with van der Waals surface area (Å²) < 4.78 is 0. The van der Waals surface area contributed by atoms with Crippen LogP contribution in [0.25, 0.3) is 54.3 Å². The summed E-state index contributed by atoms with van der Waals surface area (Å²) >= 11 is 1.93. The van der Waals surface area contributed by atoms with Crippen LogP contribution in [0.3, 0.4) is 0 Å². The molecule has 0 N–H and O–H groups in total. The molecular formula is C44H35NS. The predicted octanol–water partition coefficient (Wildman–Crippen LogP) is 12.5. The summed E-state index contributed by atoms with van der Waals surface area (Å²) in [6.07, 6.45) is 0. The van der Waals surface area contributed by atoms with Gasteiger partial charge in [0.25, 0.3) is 0 Å². The first kappa shape index (κ1) is 28.3. The van der Waals surface area contributed by atoms with Crippen molar-refractivity contribution in [3.05, 3.63) is 169 Å². The molecule has 0 amide bonds. The molecule has 6 aromatic carbocycles. The van der Waals surface area contributed by atoms with E-state index in [1.54, 1.807) is 0 Å². The first-order valence-electron chi connectivity index (χ1n) is 15.9. The van der Waals surface area contributed by atoms with E-state index < -0.39 is 0 Å². The maximum atomic E-state index is 2.44. The molecule has 0 spiro atoms. The lowest BCUT2D eigenvalue weighted by atomic mass is 9.80. The van der Waals surface area contributed by atoms with Gasteiger partial charge in [-0.3, -0.25) is 0 Å². The van der Waals surface area contributed by atoms with Crippen LogP contribution in [0.1, 0.15) is 25.0 Å². The lowest BCUT2D eigenvalue weighted by molar-refractivity contribution is 0.664. The van der Waals surface area contributed by atoms with Crippen molar-refractivity contribution in [2.75, 3.05) is 11.9 Å². The highest BCUT2D eigenvalue weighted by Gasteiger charge is 2.41. The van der Waals surface area contributed by atoms with E-state index in [2.05, 4.69) is 184 Å².